The predicted octanol–water partition coefficient (Wildman–Crippen LogP) is 3.61. The molecule has 0 radical (unpaired) electrons. The van der Waals surface area contributed by atoms with Crippen LogP contribution in [0.15, 0.2) is 54.7 Å². The molecule has 2 amide bonds. The molecule has 4 rings (SSSR count). The number of carbonyl (C=O) groups excluding carboxylic acids is 2. The number of halogens is 1. The van der Waals surface area contributed by atoms with E-state index in [2.05, 4.69) is 10.3 Å². The zero-order chi connectivity index (χ0) is 23.6. The van der Waals surface area contributed by atoms with Crippen LogP contribution >= 0.6 is 13.5 Å². The molecule has 1 fully saturated rings. The highest BCUT2D eigenvalue weighted by molar-refractivity contribution is 7.59. The van der Waals surface area contributed by atoms with Gasteiger partial charge in [-0.1, -0.05) is 18.2 Å². The summed E-state index contributed by atoms with van der Waals surface area (Å²) in [7, 11) is 1.60. The van der Waals surface area contributed by atoms with Crippen LogP contribution < -0.4 is 10.1 Å². The minimum Gasteiger partial charge on any atom is -0.497 e. The zero-order valence-electron chi connectivity index (χ0n) is 18.8. The van der Waals surface area contributed by atoms with E-state index in [1.54, 1.807) is 13.2 Å². The van der Waals surface area contributed by atoms with E-state index >= 15 is 0 Å². The number of ether oxygens (including phenoxy) is 1. The molecular weight excluding hydrogens is 455 g/mol. The van der Waals surface area contributed by atoms with Gasteiger partial charge < -0.3 is 15.0 Å². The van der Waals surface area contributed by atoms with E-state index in [4.69, 9.17) is 4.74 Å². The summed E-state index contributed by atoms with van der Waals surface area (Å²) in [5.41, 5.74) is 1.26. The third kappa shape index (κ3) is 5.13. The van der Waals surface area contributed by atoms with Crippen LogP contribution in [0.1, 0.15) is 23.7 Å². The molecule has 2 heterocycles. The second-order valence-corrected chi connectivity index (χ2v) is 8.29. The molecule has 1 unspecified atom stereocenters. The number of methoxy groups -OCH3 is 1. The number of nitrogens with zero attached hydrogens (tertiary/aromatic N) is 3. The maximum Gasteiger partial charge on any atom is 0.252 e. The van der Waals surface area contributed by atoms with Gasteiger partial charge in [0.05, 0.1) is 37.3 Å². The molecule has 1 saturated heterocycles. The summed E-state index contributed by atoms with van der Waals surface area (Å²) in [6.07, 6.45) is 1.50. The van der Waals surface area contributed by atoms with Crippen molar-refractivity contribution in [2.45, 2.75) is 25.1 Å². The van der Waals surface area contributed by atoms with Crippen LogP contribution in [-0.4, -0.2) is 53.6 Å². The first-order chi connectivity index (χ1) is 15.8. The van der Waals surface area contributed by atoms with Gasteiger partial charge in [-0.2, -0.15) is 18.8 Å². The molecule has 3 aromatic rings. The molecule has 1 N–H and O–H groups in total. The van der Waals surface area contributed by atoms with E-state index in [9.17, 15) is 19.2 Å². The summed E-state index contributed by atoms with van der Waals surface area (Å²) >= 11 is 0. The Bertz CT molecular complexity index is 1260. The van der Waals surface area contributed by atoms with Crippen molar-refractivity contribution in [3.8, 4) is 22.9 Å². The quantitative estimate of drug-likeness (QED) is 0.602. The van der Waals surface area contributed by atoms with Crippen LogP contribution in [-0.2, 0) is 4.79 Å². The van der Waals surface area contributed by atoms with Crippen molar-refractivity contribution < 1.29 is 18.7 Å². The van der Waals surface area contributed by atoms with Gasteiger partial charge >= 0.3 is 0 Å². The van der Waals surface area contributed by atoms with Gasteiger partial charge in [0, 0.05) is 18.0 Å². The number of nitriles is 1. The fraction of sp³-hybridized carbons (Fsp3) is 0.280. The smallest absolute Gasteiger partial charge is 0.252 e. The molecular formula is C25H25FN4O3S. The summed E-state index contributed by atoms with van der Waals surface area (Å²) in [6.45, 7) is 0.880. The molecule has 1 aliphatic rings. The lowest BCUT2D eigenvalue weighted by Crippen LogP contribution is -2.43. The Labute approximate surface area is 204 Å². The topological polar surface area (TPSA) is 95.3 Å². The van der Waals surface area contributed by atoms with Gasteiger partial charge in [-0.3, -0.25) is 14.6 Å². The average molecular weight is 481 g/mol. The molecule has 0 aliphatic carbocycles. The van der Waals surface area contributed by atoms with Gasteiger partial charge in [-0.15, -0.1) is 0 Å². The van der Waals surface area contributed by atoms with Gasteiger partial charge in [-0.05, 0) is 48.4 Å². The number of likely N-dealkylation sites (tertiary alicyclic amines) is 1. The van der Waals surface area contributed by atoms with E-state index in [1.807, 2.05) is 48.5 Å². The maximum absolute atomic E-state index is 14.3. The highest BCUT2D eigenvalue weighted by atomic mass is 32.1. The number of hydrogen-bond acceptors (Lipinski definition) is 5. The number of rotatable bonds is 5. The number of hydrogen-bond donors (Lipinski definition) is 1. The summed E-state index contributed by atoms with van der Waals surface area (Å²) in [5, 5.41) is 12.5. The van der Waals surface area contributed by atoms with Crippen LogP contribution in [0, 0.1) is 11.3 Å². The van der Waals surface area contributed by atoms with Crippen LogP contribution in [0.4, 0.5) is 4.39 Å². The molecule has 176 valence electrons. The summed E-state index contributed by atoms with van der Waals surface area (Å²) in [5.74, 6) is -0.192. The molecule has 7 nitrogen and oxygen atoms in total. The van der Waals surface area contributed by atoms with Crippen molar-refractivity contribution in [1.29, 1.82) is 5.26 Å². The first-order valence-corrected chi connectivity index (χ1v) is 10.5. The summed E-state index contributed by atoms with van der Waals surface area (Å²) in [6, 6.07) is 15.9. The third-order valence-corrected chi connectivity index (χ3v) is 5.77. The van der Waals surface area contributed by atoms with E-state index in [1.165, 1.54) is 18.0 Å². The van der Waals surface area contributed by atoms with E-state index in [0.29, 0.717) is 16.5 Å². The number of pyridine rings is 1. The molecule has 9 heteroatoms. The fourth-order valence-corrected chi connectivity index (χ4v) is 4.08. The number of carbonyl (C=O) groups is 2. The zero-order valence-corrected chi connectivity index (χ0v) is 19.8. The lowest BCUT2D eigenvalue weighted by molar-refractivity contribution is -0.130. The lowest BCUT2D eigenvalue weighted by Gasteiger charge is -2.20. The van der Waals surface area contributed by atoms with Crippen LogP contribution in [0.5, 0.6) is 5.75 Å². The first-order valence-electron chi connectivity index (χ1n) is 10.5. The molecule has 1 aliphatic heterocycles. The molecule has 34 heavy (non-hydrogen) atoms. The van der Waals surface area contributed by atoms with E-state index in [-0.39, 0.29) is 33.0 Å². The molecule has 1 aromatic heterocycles. The van der Waals surface area contributed by atoms with E-state index < -0.39 is 23.5 Å². The molecule has 2 aromatic carbocycles. The number of benzene rings is 2. The van der Waals surface area contributed by atoms with Crippen molar-refractivity contribution in [3.05, 3.63) is 60.3 Å². The predicted molar refractivity (Wildman–Crippen MR) is 132 cm³/mol. The summed E-state index contributed by atoms with van der Waals surface area (Å²) < 4.78 is 19.5. The average Bonchev–Trinajstić information content (AvgIpc) is 3.16. The van der Waals surface area contributed by atoms with Gasteiger partial charge in [0.2, 0.25) is 5.91 Å². The highest BCUT2D eigenvalue weighted by Gasteiger charge is 2.43. The number of aromatic nitrogens is 1. The summed E-state index contributed by atoms with van der Waals surface area (Å²) in [4.78, 5) is 31.0. The van der Waals surface area contributed by atoms with E-state index in [0.717, 1.165) is 16.9 Å². The number of amides is 2. The molecule has 0 spiro atoms. The second kappa shape index (κ2) is 10.1. The second-order valence-electron chi connectivity index (χ2n) is 8.29. The monoisotopic (exact) mass is 480 g/mol. The van der Waals surface area contributed by atoms with Gasteiger partial charge in [0.15, 0.2) is 0 Å². The van der Waals surface area contributed by atoms with Crippen molar-refractivity contribution in [2.24, 2.45) is 0 Å². The molecule has 0 bridgehead atoms. The van der Waals surface area contributed by atoms with Crippen molar-refractivity contribution in [1.82, 2.24) is 15.2 Å². The molecule has 2 atom stereocenters. The van der Waals surface area contributed by atoms with Crippen LogP contribution in [0.3, 0.4) is 0 Å². The maximum atomic E-state index is 14.3. The number of alkyl halides is 1. The van der Waals surface area contributed by atoms with Gasteiger partial charge in [-0.25, -0.2) is 4.39 Å². The van der Waals surface area contributed by atoms with Crippen molar-refractivity contribution in [3.63, 3.8) is 0 Å². The Morgan fingerprint density at radius 2 is 1.94 bits per heavy atom. The van der Waals surface area contributed by atoms with Crippen molar-refractivity contribution in [2.75, 3.05) is 20.2 Å². The minimum absolute atomic E-state index is 0. The SMILES string of the molecule is COc1ccc(-c2ccc3nccc(C(=O)NCC(=O)N4CC(C)(F)C[C@H]4C#N)c3c2)cc1.S. The Morgan fingerprint density at radius 3 is 2.62 bits per heavy atom. The Morgan fingerprint density at radius 1 is 1.24 bits per heavy atom. The Kier molecular flexibility index (Phi) is 7.42. The van der Waals surface area contributed by atoms with Gasteiger partial charge in [0.1, 0.15) is 17.5 Å². The van der Waals surface area contributed by atoms with Crippen LogP contribution in [0.25, 0.3) is 22.0 Å². The first kappa shape index (κ1) is 25.0. The standard InChI is InChI=1S/C25H23FN4O3.H2S/c1-25(26)12-18(13-27)30(15-25)23(31)14-29-24(32)20-9-10-28-22-8-5-17(11-21(20)22)16-3-6-19(33-2)7-4-16;/h3-11,18H,12,14-15H2,1-2H3,(H,29,32);1H2/t18-,25?;/m0./s1. The normalized spacial score (nSPS) is 19.2. The minimum atomic E-state index is -1.61. The highest BCUT2D eigenvalue weighted by Crippen LogP contribution is 2.30. The van der Waals surface area contributed by atoms with Gasteiger partial charge in [0.25, 0.3) is 5.91 Å². The largest absolute Gasteiger partial charge is 0.497 e. The third-order valence-electron chi connectivity index (χ3n) is 5.77. The fourth-order valence-electron chi connectivity index (χ4n) is 4.08. The number of nitrogens with one attached hydrogen (secondary N) is 1. The van der Waals surface area contributed by atoms with Crippen molar-refractivity contribution >= 4 is 36.2 Å². The lowest BCUT2D eigenvalue weighted by atomic mass is 10.0. The Hall–Kier alpha value is -3.64. The molecule has 0 saturated carbocycles. The van der Waals surface area contributed by atoms with Crippen LogP contribution in [0.2, 0.25) is 0 Å². The Balaban J connectivity index is 0.00000324. The number of fused-ring (bicyclic) bond motifs is 1.